The van der Waals surface area contributed by atoms with Gasteiger partial charge in [-0.3, -0.25) is 4.79 Å². The number of carbonyl (C=O) groups excluding carboxylic acids is 1. The molecule has 0 radical (unpaired) electrons. The number of nitrogens with one attached hydrogen (secondary N) is 1. The minimum Gasteiger partial charge on any atom is -0.405 e. The third-order valence-electron chi connectivity index (χ3n) is 4.65. The average molecular weight is 401 g/mol. The minimum absolute atomic E-state index is 0.0348. The zero-order chi connectivity index (χ0) is 19.5. The van der Waals surface area contributed by atoms with Crippen LogP contribution in [0.4, 0.5) is 10.4 Å². The van der Waals surface area contributed by atoms with Gasteiger partial charge in [0.15, 0.2) is 0 Å². The Labute approximate surface area is 166 Å². The highest BCUT2D eigenvalue weighted by atomic mass is 35.5. The van der Waals surface area contributed by atoms with Gasteiger partial charge in [-0.05, 0) is 30.5 Å². The Morgan fingerprint density at radius 3 is 2.57 bits per heavy atom. The van der Waals surface area contributed by atoms with E-state index in [1.807, 2.05) is 35.2 Å². The van der Waals surface area contributed by atoms with Gasteiger partial charge >= 0.3 is 6.01 Å². The molecule has 1 amide bonds. The predicted octanol–water partition coefficient (Wildman–Crippen LogP) is 3.98. The van der Waals surface area contributed by atoms with E-state index in [1.165, 1.54) is 18.2 Å². The van der Waals surface area contributed by atoms with E-state index < -0.39 is 17.8 Å². The van der Waals surface area contributed by atoms with Crippen LogP contribution in [0.5, 0.6) is 0 Å². The fourth-order valence-electron chi connectivity index (χ4n) is 3.23. The minimum atomic E-state index is -0.728. The average Bonchev–Trinajstić information content (AvgIpc) is 3.38. The van der Waals surface area contributed by atoms with Crippen molar-refractivity contribution in [2.45, 2.75) is 18.9 Å². The van der Waals surface area contributed by atoms with Crippen molar-refractivity contribution in [3.8, 4) is 0 Å². The molecule has 1 atom stereocenters. The number of aromatic nitrogens is 2. The highest BCUT2D eigenvalue weighted by molar-refractivity contribution is 6.33. The monoisotopic (exact) mass is 400 g/mol. The summed E-state index contributed by atoms with van der Waals surface area (Å²) in [7, 11) is 0. The lowest BCUT2D eigenvalue weighted by Crippen LogP contribution is -2.30. The molecule has 0 aliphatic carbocycles. The fraction of sp³-hybridized carbons (Fsp3) is 0.250. The number of rotatable bonds is 5. The topological polar surface area (TPSA) is 71.3 Å². The maximum Gasteiger partial charge on any atom is 0.318 e. The molecule has 2 heterocycles. The molecule has 0 spiro atoms. The zero-order valence-electron chi connectivity index (χ0n) is 14.9. The van der Waals surface area contributed by atoms with E-state index in [1.54, 1.807) is 0 Å². The standard InChI is InChI=1S/C20H18ClFN4O2/c21-14-9-6-10-15(22)16(14)18(27)23-17(13-7-2-1-3-8-13)19-24-25-20(28-19)26-11-4-5-12-26/h1-3,6-10,17H,4-5,11-12H2,(H,23,27)/t17-/m0/s1. The number of hydrogen-bond donors (Lipinski definition) is 1. The molecular weight excluding hydrogens is 383 g/mol. The molecule has 0 bridgehead atoms. The van der Waals surface area contributed by atoms with Crippen molar-refractivity contribution >= 4 is 23.5 Å². The van der Waals surface area contributed by atoms with Gasteiger partial charge in [-0.1, -0.05) is 53.1 Å². The second-order valence-corrected chi connectivity index (χ2v) is 6.94. The van der Waals surface area contributed by atoms with Crippen LogP contribution in [0.15, 0.2) is 52.9 Å². The lowest BCUT2D eigenvalue weighted by Gasteiger charge is -2.17. The Morgan fingerprint density at radius 1 is 1.11 bits per heavy atom. The molecule has 1 fully saturated rings. The molecule has 2 aromatic carbocycles. The SMILES string of the molecule is O=C(N[C@@H](c1ccccc1)c1nnc(N2CCCC2)o1)c1c(F)cccc1Cl. The van der Waals surface area contributed by atoms with Gasteiger partial charge in [0.2, 0.25) is 5.89 Å². The summed E-state index contributed by atoms with van der Waals surface area (Å²) in [6.07, 6.45) is 2.14. The van der Waals surface area contributed by atoms with Crippen LogP contribution >= 0.6 is 11.6 Å². The Bertz CT molecular complexity index is 953. The van der Waals surface area contributed by atoms with E-state index in [2.05, 4.69) is 15.5 Å². The smallest absolute Gasteiger partial charge is 0.318 e. The Morgan fingerprint density at radius 2 is 1.86 bits per heavy atom. The van der Waals surface area contributed by atoms with Gasteiger partial charge in [-0.15, -0.1) is 5.10 Å². The van der Waals surface area contributed by atoms with E-state index in [0.29, 0.717) is 6.01 Å². The largest absolute Gasteiger partial charge is 0.405 e. The van der Waals surface area contributed by atoms with Crippen LogP contribution in [0.3, 0.4) is 0 Å². The van der Waals surface area contributed by atoms with Gasteiger partial charge in [0.05, 0.1) is 10.6 Å². The summed E-state index contributed by atoms with van der Waals surface area (Å²) in [4.78, 5) is 14.8. The maximum absolute atomic E-state index is 14.2. The fourth-order valence-corrected chi connectivity index (χ4v) is 3.48. The number of anilines is 1. The molecule has 1 N–H and O–H groups in total. The van der Waals surface area contributed by atoms with Crippen LogP contribution in [-0.4, -0.2) is 29.2 Å². The summed E-state index contributed by atoms with van der Waals surface area (Å²) in [5, 5.41) is 11.1. The van der Waals surface area contributed by atoms with Crippen molar-refractivity contribution in [3.05, 3.63) is 76.4 Å². The van der Waals surface area contributed by atoms with Crippen LogP contribution in [0.25, 0.3) is 0 Å². The highest BCUT2D eigenvalue weighted by Crippen LogP contribution is 2.27. The molecule has 1 saturated heterocycles. The normalized spacial score (nSPS) is 14.9. The molecule has 4 rings (SSSR count). The van der Waals surface area contributed by atoms with E-state index in [0.717, 1.165) is 31.5 Å². The van der Waals surface area contributed by atoms with Crippen molar-refractivity contribution in [2.75, 3.05) is 18.0 Å². The van der Waals surface area contributed by atoms with Crippen molar-refractivity contribution in [3.63, 3.8) is 0 Å². The summed E-state index contributed by atoms with van der Waals surface area (Å²) in [6.45, 7) is 1.71. The molecule has 28 heavy (non-hydrogen) atoms. The lowest BCUT2D eigenvalue weighted by atomic mass is 10.1. The molecule has 1 aliphatic rings. The van der Waals surface area contributed by atoms with Crippen molar-refractivity contribution in [1.29, 1.82) is 0 Å². The Kier molecular flexibility index (Phi) is 5.25. The van der Waals surface area contributed by atoms with Crippen molar-refractivity contribution < 1.29 is 13.6 Å². The quantitative estimate of drug-likeness (QED) is 0.701. The van der Waals surface area contributed by atoms with E-state index in [9.17, 15) is 9.18 Å². The molecule has 8 heteroatoms. The lowest BCUT2D eigenvalue weighted by molar-refractivity contribution is 0.0934. The maximum atomic E-state index is 14.2. The highest BCUT2D eigenvalue weighted by Gasteiger charge is 2.27. The molecule has 1 aliphatic heterocycles. The van der Waals surface area contributed by atoms with Crippen LogP contribution in [0, 0.1) is 5.82 Å². The molecule has 3 aromatic rings. The second kappa shape index (κ2) is 7.98. The molecule has 0 saturated carbocycles. The molecule has 1 aromatic heterocycles. The van der Waals surface area contributed by atoms with Gasteiger partial charge in [-0.25, -0.2) is 4.39 Å². The number of halogens is 2. The summed E-state index contributed by atoms with van der Waals surface area (Å²) >= 11 is 6.03. The van der Waals surface area contributed by atoms with E-state index >= 15 is 0 Å². The molecule has 144 valence electrons. The summed E-state index contributed by atoms with van der Waals surface area (Å²) in [6, 6.07) is 13.0. The van der Waals surface area contributed by atoms with Gasteiger partial charge in [0, 0.05) is 13.1 Å². The first-order valence-electron chi connectivity index (χ1n) is 9.01. The van der Waals surface area contributed by atoms with Crippen LogP contribution in [-0.2, 0) is 0 Å². The number of carbonyl (C=O) groups is 1. The molecule has 0 unspecified atom stereocenters. The van der Waals surface area contributed by atoms with Crippen LogP contribution in [0.2, 0.25) is 5.02 Å². The first-order valence-corrected chi connectivity index (χ1v) is 9.39. The van der Waals surface area contributed by atoms with Gasteiger partial charge in [-0.2, -0.15) is 0 Å². The van der Waals surface area contributed by atoms with Crippen molar-refractivity contribution in [1.82, 2.24) is 15.5 Å². The van der Waals surface area contributed by atoms with Crippen LogP contribution in [0.1, 0.15) is 40.7 Å². The third kappa shape index (κ3) is 3.71. The van der Waals surface area contributed by atoms with Crippen molar-refractivity contribution in [2.24, 2.45) is 0 Å². The third-order valence-corrected chi connectivity index (χ3v) is 4.97. The first-order chi connectivity index (χ1) is 13.6. The van der Waals surface area contributed by atoms with E-state index in [-0.39, 0.29) is 16.5 Å². The number of nitrogens with zero attached hydrogens (tertiary/aromatic N) is 3. The van der Waals surface area contributed by atoms with Gasteiger partial charge in [0.1, 0.15) is 11.9 Å². The number of hydrogen-bond acceptors (Lipinski definition) is 5. The summed E-state index contributed by atoms with van der Waals surface area (Å²) in [5.74, 6) is -1.12. The summed E-state index contributed by atoms with van der Waals surface area (Å²) in [5.41, 5.74) is 0.518. The Hall–Kier alpha value is -2.93. The van der Waals surface area contributed by atoms with E-state index in [4.69, 9.17) is 16.0 Å². The summed E-state index contributed by atoms with van der Waals surface area (Å²) < 4.78 is 20.0. The number of amides is 1. The van der Waals surface area contributed by atoms with Crippen LogP contribution < -0.4 is 10.2 Å². The van der Waals surface area contributed by atoms with Gasteiger partial charge in [0.25, 0.3) is 5.91 Å². The molecule has 6 nitrogen and oxygen atoms in total. The Balaban J connectivity index is 1.66. The number of benzene rings is 2. The zero-order valence-corrected chi connectivity index (χ0v) is 15.7. The predicted molar refractivity (Wildman–Crippen MR) is 103 cm³/mol. The van der Waals surface area contributed by atoms with Gasteiger partial charge < -0.3 is 14.6 Å². The molecular formula is C20H18ClFN4O2. The second-order valence-electron chi connectivity index (χ2n) is 6.53. The first kappa shape index (κ1) is 18.4.